The fourth-order valence-electron chi connectivity index (χ4n) is 20.7. The molecule has 0 aromatic heterocycles. The summed E-state index contributed by atoms with van der Waals surface area (Å²) < 4.78 is 0. The van der Waals surface area contributed by atoms with E-state index >= 15 is 0 Å². The molecule has 0 atom stereocenters. The van der Waals surface area contributed by atoms with E-state index in [1.54, 1.807) is 0 Å². The van der Waals surface area contributed by atoms with Gasteiger partial charge in [-0.3, -0.25) is 0 Å². The zero-order chi connectivity index (χ0) is 77.4. The second-order valence-corrected chi connectivity index (χ2v) is 35.2. The van der Waals surface area contributed by atoms with Crippen molar-refractivity contribution in [2.75, 3.05) is 9.80 Å². The van der Waals surface area contributed by atoms with Crippen LogP contribution in [-0.4, -0.2) is 0 Å². The molecule has 2 heteroatoms. The Bertz CT molecular complexity index is 3270. The van der Waals surface area contributed by atoms with Gasteiger partial charge in [0.05, 0.1) is 11.4 Å². The zero-order valence-electron chi connectivity index (χ0n) is 73.3. The average Bonchev–Trinajstić information content (AvgIpc) is 0.707. The highest BCUT2D eigenvalue weighted by molar-refractivity contribution is 6.23. The third-order valence-corrected chi connectivity index (χ3v) is 31.1. The summed E-state index contributed by atoms with van der Waals surface area (Å²) in [5.74, 6) is 0. The average molecular weight is 1410 g/mol. The second kappa shape index (κ2) is 34.5. The van der Waals surface area contributed by atoms with Gasteiger partial charge in [0.1, 0.15) is 0 Å². The van der Waals surface area contributed by atoms with E-state index in [0.717, 1.165) is 154 Å². The van der Waals surface area contributed by atoms with Crippen molar-refractivity contribution in [3.05, 3.63) is 165 Å². The molecule has 0 spiro atoms. The molecule has 104 heavy (non-hydrogen) atoms. The summed E-state index contributed by atoms with van der Waals surface area (Å²) in [4.78, 5) is 5.83. The first kappa shape index (κ1) is 85.9. The maximum Gasteiger partial charge on any atom is 0.0620 e. The Morgan fingerprint density at radius 3 is 0.442 bits per heavy atom. The van der Waals surface area contributed by atoms with Gasteiger partial charge in [-0.05, 0) is 325 Å². The van der Waals surface area contributed by atoms with Crippen LogP contribution in [0.2, 0.25) is 0 Å². The molecule has 0 unspecified atom stereocenters. The van der Waals surface area contributed by atoms with Gasteiger partial charge in [0, 0.05) is 44.3 Å². The molecular weight excluding hydrogens is 1250 g/mol. The lowest BCUT2D eigenvalue weighted by Gasteiger charge is -2.41. The molecule has 0 bridgehead atoms. The smallest absolute Gasteiger partial charge is 0.0620 e. The summed E-state index contributed by atoms with van der Waals surface area (Å²) >= 11 is 0. The van der Waals surface area contributed by atoms with E-state index in [2.05, 4.69) is 327 Å². The van der Waals surface area contributed by atoms with Gasteiger partial charge in [-0.1, -0.05) is 256 Å². The van der Waals surface area contributed by atoms with Crippen molar-refractivity contribution in [3.63, 3.8) is 0 Å². The minimum absolute atomic E-state index is 0.00404. The van der Waals surface area contributed by atoms with Gasteiger partial charge >= 0.3 is 0 Å². The first-order valence-corrected chi connectivity index (χ1v) is 43.7. The van der Waals surface area contributed by atoms with Crippen LogP contribution < -0.4 is 9.80 Å². The lowest BCUT2D eigenvalue weighted by atomic mass is 9.68. The number of hydrogen-bond acceptors (Lipinski definition) is 2. The van der Waals surface area contributed by atoms with Gasteiger partial charge in [-0.25, -0.2) is 0 Å². The van der Waals surface area contributed by atoms with Crippen molar-refractivity contribution < 1.29 is 0 Å². The number of benzene rings is 7. The first-order chi connectivity index (χ1) is 49.4. The van der Waals surface area contributed by atoms with E-state index in [1.165, 1.54) is 111 Å². The number of anilines is 6. The Hall–Kier alpha value is -5.34. The topological polar surface area (TPSA) is 6.48 Å². The van der Waals surface area contributed by atoms with Gasteiger partial charge < -0.3 is 9.80 Å². The van der Waals surface area contributed by atoms with Crippen LogP contribution in [0.15, 0.2) is 109 Å². The number of hydrogen-bond donors (Lipinski definition) is 0. The maximum absolute atomic E-state index is 2.92. The van der Waals surface area contributed by atoms with Crippen LogP contribution in [-0.2, 0) is 54.1 Å². The van der Waals surface area contributed by atoms with Gasteiger partial charge in [0.2, 0.25) is 0 Å². The molecule has 7 aromatic carbocycles. The molecule has 7 aromatic rings. The van der Waals surface area contributed by atoms with Crippen LogP contribution in [0.3, 0.4) is 0 Å². The van der Waals surface area contributed by atoms with Gasteiger partial charge in [-0.2, -0.15) is 0 Å². The standard InChI is InChI=1S/C102H156N2/c1-31-95(32-2,33-3)75-59-76(96(34-4,35-5)36-6)64-83(63-75)103(84-65-77(97(37-7,38-8)39-9)60-78(66-84)98(40-10,41-11)42-12)91-87-57-55-74(94(28,29)30)72-90(87)92(88-58-56-73(71-89(88)91)93(25,26)27)104(85-67-79(99(43-13,44-14)45-15)61-80(68-85)100(46-16,47-17)48-18)86-69-81(101(49-19,50-20)51-21)62-82(70-86)102(52-22,53-23)54-24/h55-72H,31-54H2,1-30H3. The third kappa shape index (κ3) is 15.3. The molecule has 7 rings (SSSR count). The van der Waals surface area contributed by atoms with E-state index in [-0.39, 0.29) is 54.1 Å². The molecule has 0 saturated carbocycles. The molecule has 0 N–H and O–H groups in total. The summed E-state index contributed by atoms with van der Waals surface area (Å²) in [5, 5.41) is 5.22. The molecule has 0 amide bonds. The van der Waals surface area contributed by atoms with Crippen molar-refractivity contribution in [1.82, 2.24) is 0 Å². The highest BCUT2D eigenvalue weighted by Crippen LogP contribution is 2.58. The molecule has 0 radical (unpaired) electrons. The number of fused-ring (bicyclic) bond motifs is 2. The predicted octanol–water partition coefficient (Wildman–Crippen LogP) is 33.3. The van der Waals surface area contributed by atoms with Crippen LogP contribution in [0, 0.1) is 0 Å². The van der Waals surface area contributed by atoms with E-state index in [1.807, 2.05) is 0 Å². The summed E-state index contributed by atoms with van der Waals surface area (Å²) in [6, 6.07) is 48.5. The largest absolute Gasteiger partial charge is 0.309 e. The van der Waals surface area contributed by atoms with Crippen molar-refractivity contribution in [3.8, 4) is 0 Å². The van der Waals surface area contributed by atoms with Gasteiger partial charge in [0.25, 0.3) is 0 Å². The molecular formula is C102H156N2. The van der Waals surface area contributed by atoms with E-state index in [4.69, 9.17) is 0 Å². The Morgan fingerprint density at radius 1 is 0.173 bits per heavy atom. The van der Waals surface area contributed by atoms with Crippen LogP contribution in [0.5, 0.6) is 0 Å². The van der Waals surface area contributed by atoms with Gasteiger partial charge in [0.15, 0.2) is 0 Å². The summed E-state index contributed by atoms with van der Waals surface area (Å²) in [6.07, 6.45) is 26.1. The lowest BCUT2D eigenvalue weighted by molar-refractivity contribution is 0.368. The highest BCUT2D eigenvalue weighted by atomic mass is 15.2. The van der Waals surface area contributed by atoms with E-state index < -0.39 is 0 Å². The van der Waals surface area contributed by atoms with Crippen LogP contribution in [0.1, 0.15) is 417 Å². The lowest BCUT2D eigenvalue weighted by Crippen LogP contribution is -2.29. The Labute approximate surface area is 642 Å². The minimum atomic E-state index is -0.160. The minimum Gasteiger partial charge on any atom is -0.309 e. The molecule has 2 nitrogen and oxygen atoms in total. The Balaban J connectivity index is 2.04. The van der Waals surface area contributed by atoms with Crippen molar-refractivity contribution >= 4 is 55.7 Å². The summed E-state index contributed by atoms with van der Waals surface area (Å²) in [7, 11) is 0. The molecule has 0 aliphatic heterocycles. The molecule has 0 saturated heterocycles. The van der Waals surface area contributed by atoms with Crippen LogP contribution >= 0.6 is 0 Å². The van der Waals surface area contributed by atoms with E-state index in [0.29, 0.717) is 0 Å². The normalized spacial score (nSPS) is 13.4. The molecule has 0 aliphatic carbocycles. The highest BCUT2D eigenvalue weighted by Gasteiger charge is 2.41. The van der Waals surface area contributed by atoms with Crippen LogP contribution in [0.4, 0.5) is 34.1 Å². The van der Waals surface area contributed by atoms with Gasteiger partial charge in [-0.15, -0.1) is 0 Å². The molecule has 0 aliphatic rings. The molecule has 0 heterocycles. The quantitative estimate of drug-likeness (QED) is 0.0281. The number of rotatable bonds is 38. The monoisotopic (exact) mass is 1410 g/mol. The Kier molecular flexibility index (Phi) is 28.5. The predicted molar refractivity (Wildman–Crippen MR) is 469 cm³/mol. The first-order valence-electron chi connectivity index (χ1n) is 43.7. The molecule has 0 fully saturated rings. The fraction of sp³-hybridized carbons (Fsp3) is 0.627. The summed E-state index contributed by atoms with van der Waals surface area (Å²) in [6.45, 7) is 74.1. The molecule has 574 valence electrons. The van der Waals surface area contributed by atoms with Crippen molar-refractivity contribution in [1.29, 1.82) is 0 Å². The summed E-state index contributed by atoms with van der Waals surface area (Å²) in [5.41, 5.74) is 22.1. The second-order valence-electron chi connectivity index (χ2n) is 35.2. The maximum atomic E-state index is 2.92. The van der Waals surface area contributed by atoms with E-state index in [9.17, 15) is 0 Å². The third-order valence-electron chi connectivity index (χ3n) is 31.1. The SMILES string of the molecule is CCC(CC)(CC)c1cc(N(c2cc(C(CC)(CC)CC)cc(C(CC)(CC)CC)c2)c2c3ccc(C(C)(C)C)cc3c(N(c3cc(C(CC)(CC)CC)cc(C(CC)(CC)CC)c3)c3cc(C(CC)(CC)CC)cc(C(CC)(CC)CC)c3)c3ccc(C(C)(C)C)cc23)cc(C(CC)(CC)CC)c1. The van der Waals surface area contributed by atoms with Crippen LogP contribution in [0.25, 0.3) is 21.5 Å². The number of nitrogens with zero attached hydrogens (tertiary/aromatic N) is 2. The van der Waals surface area contributed by atoms with Crippen molar-refractivity contribution in [2.24, 2.45) is 0 Å². The van der Waals surface area contributed by atoms with Crippen molar-refractivity contribution in [2.45, 2.75) is 416 Å². The zero-order valence-corrected chi connectivity index (χ0v) is 73.3. The Morgan fingerprint density at radius 2 is 0.317 bits per heavy atom. The fourth-order valence-corrected chi connectivity index (χ4v) is 20.7.